The van der Waals surface area contributed by atoms with Crippen LogP contribution in [-0.4, -0.2) is 12.2 Å². The largest absolute Gasteiger partial charge is 0.375 e. The molecule has 0 bridgehead atoms. The molecule has 0 saturated carbocycles. The van der Waals surface area contributed by atoms with Crippen molar-refractivity contribution in [1.29, 1.82) is 0 Å². The Labute approximate surface area is 82.9 Å². The fourth-order valence-corrected chi connectivity index (χ4v) is 1.96. The number of hydrogen-bond donors (Lipinski definition) is 0. The molecule has 0 spiro atoms. The van der Waals surface area contributed by atoms with E-state index < -0.39 is 0 Å². The van der Waals surface area contributed by atoms with Crippen molar-refractivity contribution in [2.75, 3.05) is 0 Å². The van der Waals surface area contributed by atoms with Gasteiger partial charge in [-0.1, -0.05) is 27.2 Å². The van der Waals surface area contributed by atoms with Crippen molar-refractivity contribution in [3.8, 4) is 0 Å². The lowest BCUT2D eigenvalue weighted by Crippen LogP contribution is -2.36. The average molecular weight is 184 g/mol. The maximum Gasteiger partial charge on any atom is 0.0601 e. The van der Waals surface area contributed by atoms with Crippen LogP contribution in [0.3, 0.4) is 0 Å². The standard InChI is InChI=1S/C12H24O/c1-9-7-6-8-12(4,5)11(3)13-10(9)2/h9-11H,6-8H2,1-5H3. The Kier molecular flexibility index (Phi) is 3.39. The molecular weight excluding hydrogens is 160 g/mol. The second-order valence-electron chi connectivity index (χ2n) is 5.34. The van der Waals surface area contributed by atoms with Crippen LogP contribution in [-0.2, 0) is 4.74 Å². The summed E-state index contributed by atoms with van der Waals surface area (Å²) in [7, 11) is 0. The minimum atomic E-state index is 0.356. The molecule has 1 aliphatic rings. The smallest absolute Gasteiger partial charge is 0.0601 e. The summed E-state index contributed by atoms with van der Waals surface area (Å²) in [6.07, 6.45) is 4.79. The van der Waals surface area contributed by atoms with Crippen molar-refractivity contribution in [1.82, 2.24) is 0 Å². The summed E-state index contributed by atoms with van der Waals surface area (Å²) in [6.45, 7) is 11.4. The van der Waals surface area contributed by atoms with Crippen LogP contribution in [0.1, 0.15) is 53.9 Å². The van der Waals surface area contributed by atoms with Gasteiger partial charge in [-0.25, -0.2) is 0 Å². The highest BCUT2D eigenvalue weighted by Crippen LogP contribution is 2.34. The molecule has 1 saturated heterocycles. The first-order valence-electron chi connectivity index (χ1n) is 5.59. The number of hydrogen-bond acceptors (Lipinski definition) is 1. The number of rotatable bonds is 0. The van der Waals surface area contributed by atoms with Gasteiger partial charge < -0.3 is 4.74 Å². The topological polar surface area (TPSA) is 9.23 Å². The van der Waals surface area contributed by atoms with Gasteiger partial charge in [0.1, 0.15) is 0 Å². The van der Waals surface area contributed by atoms with E-state index in [0.717, 1.165) is 5.92 Å². The molecule has 0 aliphatic carbocycles. The average Bonchev–Trinajstić information content (AvgIpc) is 2.02. The Balaban J connectivity index is 2.62. The summed E-state index contributed by atoms with van der Waals surface area (Å²) < 4.78 is 6.02. The highest BCUT2D eigenvalue weighted by molar-refractivity contribution is 4.80. The summed E-state index contributed by atoms with van der Waals surface area (Å²) in [4.78, 5) is 0. The quantitative estimate of drug-likeness (QED) is 0.558. The molecule has 0 radical (unpaired) electrons. The van der Waals surface area contributed by atoms with Crippen molar-refractivity contribution >= 4 is 0 Å². The van der Waals surface area contributed by atoms with Crippen LogP contribution in [0, 0.1) is 11.3 Å². The molecule has 13 heavy (non-hydrogen) atoms. The van der Waals surface area contributed by atoms with E-state index >= 15 is 0 Å². The molecule has 1 nitrogen and oxygen atoms in total. The molecule has 0 N–H and O–H groups in total. The Morgan fingerprint density at radius 3 is 2.38 bits per heavy atom. The van der Waals surface area contributed by atoms with Crippen molar-refractivity contribution in [2.24, 2.45) is 11.3 Å². The van der Waals surface area contributed by atoms with Crippen LogP contribution in [0.2, 0.25) is 0 Å². The van der Waals surface area contributed by atoms with Gasteiger partial charge >= 0.3 is 0 Å². The van der Waals surface area contributed by atoms with Gasteiger partial charge in [0, 0.05) is 0 Å². The molecule has 78 valence electrons. The molecule has 1 heterocycles. The fraction of sp³-hybridized carbons (Fsp3) is 1.00. The van der Waals surface area contributed by atoms with E-state index in [2.05, 4.69) is 34.6 Å². The lowest BCUT2D eigenvalue weighted by Gasteiger charge is -2.38. The van der Waals surface area contributed by atoms with Crippen LogP contribution in [0.25, 0.3) is 0 Å². The van der Waals surface area contributed by atoms with Crippen LogP contribution in [0.15, 0.2) is 0 Å². The predicted molar refractivity (Wildman–Crippen MR) is 56.8 cm³/mol. The highest BCUT2D eigenvalue weighted by atomic mass is 16.5. The van der Waals surface area contributed by atoms with E-state index in [1.807, 2.05) is 0 Å². The first-order chi connectivity index (χ1) is 5.93. The van der Waals surface area contributed by atoms with E-state index in [9.17, 15) is 0 Å². The van der Waals surface area contributed by atoms with E-state index in [4.69, 9.17) is 4.74 Å². The Hall–Kier alpha value is -0.0400. The van der Waals surface area contributed by atoms with Gasteiger partial charge in [0.25, 0.3) is 0 Å². The maximum atomic E-state index is 6.02. The zero-order valence-electron chi connectivity index (χ0n) is 9.76. The van der Waals surface area contributed by atoms with Crippen LogP contribution in [0.5, 0.6) is 0 Å². The molecule has 0 aromatic heterocycles. The zero-order chi connectivity index (χ0) is 10.1. The molecule has 1 heteroatoms. The summed E-state index contributed by atoms with van der Waals surface area (Å²) >= 11 is 0. The molecular formula is C12H24O. The third-order valence-electron chi connectivity index (χ3n) is 3.80. The Morgan fingerprint density at radius 1 is 1.15 bits per heavy atom. The summed E-state index contributed by atoms with van der Waals surface area (Å²) in [6, 6.07) is 0. The van der Waals surface area contributed by atoms with Gasteiger partial charge in [0.15, 0.2) is 0 Å². The second kappa shape index (κ2) is 4.00. The van der Waals surface area contributed by atoms with E-state index in [1.54, 1.807) is 0 Å². The van der Waals surface area contributed by atoms with Crippen LogP contribution < -0.4 is 0 Å². The van der Waals surface area contributed by atoms with Gasteiger partial charge in [-0.15, -0.1) is 0 Å². The Morgan fingerprint density at radius 2 is 1.77 bits per heavy atom. The first-order valence-corrected chi connectivity index (χ1v) is 5.59. The van der Waals surface area contributed by atoms with Crippen molar-refractivity contribution in [3.05, 3.63) is 0 Å². The molecule has 0 aromatic rings. The molecule has 1 fully saturated rings. The Bertz CT molecular complexity index is 163. The molecule has 3 unspecified atom stereocenters. The minimum absolute atomic E-state index is 0.356. The van der Waals surface area contributed by atoms with E-state index in [1.165, 1.54) is 19.3 Å². The predicted octanol–water partition coefficient (Wildman–Crippen LogP) is 3.63. The fourth-order valence-electron chi connectivity index (χ4n) is 1.96. The number of ether oxygens (including phenoxy) is 1. The third kappa shape index (κ3) is 2.70. The molecule has 0 amide bonds. The molecule has 3 atom stereocenters. The van der Waals surface area contributed by atoms with Crippen LogP contribution in [0.4, 0.5) is 0 Å². The SMILES string of the molecule is CC1CCCC(C)(C)C(C)OC1C. The third-order valence-corrected chi connectivity index (χ3v) is 3.80. The van der Waals surface area contributed by atoms with Gasteiger partial charge in [-0.2, -0.15) is 0 Å². The first kappa shape index (κ1) is 11.0. The van der Waals surface area contributed by atoms with Crippen LogP contribution >= 0.6 is 0 Å². The highest BCUT2D eigenvalue weighted by Gasteiger charge is 2.31. The van der Waals surface area contributed by atoms with Crippen molar-refractivity contribution in [2.45, 2.75) is 66.1 Å². The van der Waals surface area contributed by atoms with Gasteiger partial charge in [0.05, 0.1) is 12.2 Å². The van der Waals surface area contributed by atoms with Gasteiger partial charge in [-0.3, -0.25) is 0 Å². The summed E-state index contributed by atoms with van der Waals surface area (Å²) in [5.74, 6) is 0.721. The normalized spacial score (nSPS) is 40.8. The zero-order valence-corrected chi connectivity index (χ0v) is 9.76. The lowest BCUT2D eigenvalue weighted by atomic mass is 9.79. The molecule has 1 aliphatic heterocycles. The lowest BCUT2D eigenvalue weighted by molar-refractivity contribution is -0.0890. The molecule has 0 aromatic carbocycles. The van der Waals surface area contributed by atoms with E-state index in [-0.39, 0.29) is 0 Å². The maximum absolute atomic E-state index is 6.02. The van der Waals surface area contributed by atoms with Gasteiger partial charge in [0.2, 0.25) is 0 Å². The summed E-state index contributed by atoms with van der Waals surface area (Å²) in [5, 5.41) is 0. The van der Waals surface area contributed by atoms with E-state index in [0.29, 0.717) is 17.6 Å². The second-order valence-corrected chi connectivity index (χ2v) is 5.34. The van der Waals surface area contributed by atoms with Gasteiger partial charge in [-0.05, 0) is 38.0 Å². The van der Waals surface area contributed by atoms with Crippen molar-refractivity contribution in [3.63, 3.8) is 0 Å². The monoisotopic (exact) mass is 184 g/mol. The van der Waals surface area contributed by atoms with Crippen molar-refractivity contribution < 1.29 is 4.74 Å². The minimum Gasteiger partial charge on any atom is -0.375 e. The summed E-state index contributed by atoms with van der Waals surface area (Å²) in [5.41, 5.74) is 0.356. The molecule has 1 rings (SSSR count).